The molecule has 0 bridgehead atoms. The highest BCUT2D eigenvalue weighted by Crippen LogP contribution is 2.29. The molecule has 0 N–H and O–H groups in total. The van der Waals surface area contributed by atoms with Gasteiger partial charge in [0.1, 0.15) is 0 Å². The van der Waals surface area contributed by atoms with E-state index in [0.717, 1.165) is 53.5 Å². The Bertz CT molecular complexity index is 1070. The van der Waals surface area contributed by atoms with Crippen LogP contribution in [0.4, 0.5) is 0 Å². The predicted octanol–water partition coefficient (Wildman–Crippen LogP) is 4.70. The molecular weight excluding hydrogens is 396 g/mol. The van der Waals surface area contributed by atoms with Gasteiger partial charge < -0.3 is 4.90 Å². The molecule has 1 fully saturated rings. The lowest BCUT2D eigenvalue weighted by atomic mass is 9.92. The molecular formula is C24H27ClN4O. The smallest absolute Gasteiger partial charge is 0.257 e. The molecule has 3 heterocycles. The lowest BCUT2D eigenvalue weighted by Crippen LogP contribution is -2.39. The molecule has 30 heavy (non-hydrogen) atoms. The first kappa shape index (κ1) is 20.6. The van der Waals surface area contributed by atoms with Gasteiger partial charge in [0.05, 0.1) is 11.8 Å². The van der Waals surface area contributed by atoms with Crippen molar-refractivity contribution in [3.63, 3.8) is 0 Å². The Morgan fingerprint density at radius 1 is 1.23 bits per heavy atom. The molecule has 1 saturated heterocycles. The third kappa shape index (κ3) is 4.26. The molecule has 0 aliphatic carbocycles. The topological polar surface area (TPSA) is 51.0 Å². The number of amides is 1. The average molecular weight is 423 g/mol. The van der Waals surface area contributed by atoms with E-state index in [9.17, 15) is 4.79 Å². The number of benzene rings is 1. The maximum absolute atomic E-state index is 13.1. The molecule has 0 unspecified atom stereocenters. The number of rotatable bonds is 4. The van der Waals surface area contributed by atoms with Gasteiger partial charge in [-0.25, -0.2) is 0 Å². The number of halogens is 1. The predicted molar refractivity (Wildman–Crippen MR) is 119 cm³/mol. The summed E-state index contributed by atoms with van der Waals surface area (Å²) in [5.74, 6) is 0.304. The van der Waals surface area contributed by atoms with E-state index in [4.69, 9.17) is 16.6 Å². The van der Waals surface area contributed by atoms with Crippen LogP contribution in [0.3, 0.4) is 0 Å². The lowest BCUT2D eigenvalue weighted by Gasteiger charge is -2.32. The van der Waals surface area contributed by atoms with Crippen molar-refractivity contribution in [2.45, 2.75) is 39.0 Å². The molecule has 0 spiro atoms. The highest BCUT2D eigenvalue weighted by Gasteiger charge is 2.28. The maximum atomic E-state index is 13.1. The summed E-state index contributed by atoms with van der Waals surface area (Å²) >= 11 is 6.36. The number of nitrogens with zero attached hydrogens (tertiary/aromatic N) is 4. The number of carbonyl (C=O) groups is 1. The van der Waals surface area contributed by atoms with Crippen molar-refractivity contribution in [3.8, 4) is 0 Å². The van der Waals surface area contributed by atoms with Crippen LogP contribution in [0.5, 0.6) is 0 Å². The van der Waals surface area contributed by atoms with E-state index < -0.39 is 0 Å². The van der Waals surface area contributed by atoms with Crippen LogP contribution >= 0.6 is 11.6 Å². The Hall–Kier alpha value is -2.66. The number of hydrogen-bond donors (Lipinski definition) is 0. The van der Waals surface area contributed by atoms with Crippen molar-refractivity contribution >= 4 is 17.5 Å². The first-order chi connectivity index (χ1) is 14.4. The molecule has 1 aliphatic rings. The maximum Gasteiger partial charge on any atom is 0.257 e. The summed E-state index contributed by atoms with van der Waals surface area (Å²) in [4.78, 5) is 19.8. The fourth-order valence-electron chi connectivity index (χ4n) is 4.22. The first-order valence-corrected chi connectivity index (χ1v) is 10.8. The van der Waals surface area contributed by atoms with Gasteiger partial charge in [-0.15, -0.1) is 0 Å². The van der Waals surface area contributed by atoms with E-state index in [1.165, 1.54) is 5.56 Å². The third-order valence-electron chi connectivity index (χ3n) is 5.98. The third-order valence-corrected chi connectivity index (χ3v) is 6.35. The van der Waals surface area contributed by atoms with Crippen LogP contribution in [-0.2, 0) is 13.5 Å². The second kappa shape index (κ2) is 8.60. The number of aromatic nitrogens is 3. The van der Waals surface area contributed by atoms with Crippen molar-refractivity contribution in [1.82, 2.24) is 19.7 Å². The minimum Gasteiger partial charge on any atom is -0.338 e. The number of likely N-dealkylation sites (tertiary alicyclic amines) is 1. The molecule has 5 nitrogen and oxygen atoms in total. The fraction of sp³-hybridized carbons (Fsp3) is 0.375. The van der Waals surface area contributed by atoms with Gasteiger partial charge in [-0.05, 0) is 62.4 Å². The Balaban J connectivity index is 1.55. The minimum absolute atomic E-state index is 0.0641. The molecule has 1 amide bonds. The van der Waals surface area contributed by atoms with Crippen LogP contribution in [0.15, 0.2) is 42.6 Å². The van der Waals surface area contributed by atoms with Crippen molar-refractivity contribution in [2.75, 3.05) is 13.1 Å². The van der Waals surface area contributed by atoms with Crippen LogP contribution < -0.4 is 0 Å². The molecule has 1 atom stereocenters. The molecule has 156 valence electrons. The van der Waals surface area contributed by atoms with Crippen LogP contribution in [0, 0.1) is 13.8 Å². The quantitative estimate of drug-likeness (QED) is 0.612. The molecule has 0 saturated carbocycles. The summed E-state index contributed by atoms with van der Waals surface area (Å²) in [5, 5.41) is 5.01. The molecule has 0 radical (unpaired) electrons. The Kier molecular flexibility index (Phi) is 5.91. The molecule has 1 aromatic carbocycles. The molecule has 2 aromatic heterocycles. The monoisotopic (exact) mass is 422 g/mol. The lowest BCUT2D eigenvalue weighted by molar-refractivity contribution is 0.0705. The largest absolute Gasteiger partial charge is 0.338 e. The van der Waals surface area contributed by atoms with Crippen LogP contribution in [-0.4, -0.2) is 38.7 Å². The number of hydrogen-bond acceptors (Lipinski definition) is 3. The van der Waals surface area contributed by atoms with Crippen LogP contribution in [0.2, 0.25) is 5.02 Å². The second-order valence-electron chi connectivity index (χ2n) is 8.17. The molecule has 1 aliphatic heterocycles. The van der Waals surface area contributed by atoms with Crippen LogP contribution in [0.25, 0.3) is 0 Å². The van der Waals surface area contributed by atoms with Crippen molar-refractivity contribution in [3.05, 3.63) is 81.4 Å². The highest BCUT2D eigenvalue weighted by molar-refractivity contribution is 6.31. The SMILES string of the molecule is Cc1cc(Cc2ccccc2Cl)cc([C@@H]2CCCN(C(=O)c3cnn(C)c3C)C2)n1. The summed E-state index contributed by atoms with van der Waals surface area (Å²) < 4.78 is 1.75. The fourth-order valence-corrected chi connectivity index (χ4v) is 4.43. The van der Waals surface area contributed by atoms with E-state index in [-0.39, 0.29) is 11.8 Å². The zero-order valence-corrected chi connectivity index (χ0v) is 18.5. The van der Waals surface area contributed by atoms with E-state index in [2.05, 4.69) is 23.3 Å². The Morgan fingerprint density at radius 2 is 2.03 bits per heavy atom. The first-order valence-electron chi connectivity index (χ1n) is 10.4. The zero-order chi connectivity index (χ0) is 21.3. The summed E-state index contributed by atoms with van der Waals surface area (Å²) in [6.45, 7) is 5.44. The van der Waals surface area contributed by atoms with Gasteiger partial charge in [0.25, 0.3) is 5.91 Å². The molecule has 6 heteroatoms. The van der Waals surface area contributed by atoms with Gasteiger partial charge in [0.2, 0.25) is 0 Å². The Labute approximate surface area is 182 Å². The van der Waals surface area contributed by atoms with Gasteiger partial charge in [-0.1, -0.05) is 29.8 Å². The van der Waals surface area contributed by atoms with E-state index in [1.54, 1.807) is 10.9 Å². The van der Waals surface area contributed by atoms with Gasteiger partial charge in [0.15, 0.2) is 0 Å². The van der Waals surface area contributed by atoms with E-state index in [0.29, 0.717) is 12.1 Å². The standard InChI is InChI=1S/C24H27ClN4O/c1-16-11-18(12-19-7-4-5-9-22(19)25)13-23(27-16)20-8-6-10-29(15-20)24(30)21-14-26-28(3)17(21)2/h4-5,7,9,11,13-14,20H,6,8,10,12,15H2,1-3H3/t20-/m1/s1. The minimum atomic E-state index is 0.0641. The van der Waals surface area contributed by atoms with Gasteiger partial charge >= 0.3 is 0 Å². The van der Waals surface area contributed by atoms with Crippen LogP contribution in [0.1, 0.15) is 57.3 Å². The van der Waals surface area contributed by atoms with Gasteiger partial charge in [0, 0.05) is 48.2 Å². The summed E-state index contributed by atoms with van der Waals surface area (Å²) in [7, 11) is 1.86. The summed E-state index contributed by atoms with van der Waals surface area (Å²) in [6.07, 6.45) is 4.47. The molecule has 3 aromatic rings. The number of carbonyl (C=O) groups excluding carboxylic acids is 1. The van der Waals surface area contributed by atoms with Crippen molar-refractivity contribution in [1.29, 1.82) is 0 Å². The van der Waals surface area contributed by atoms with Crippen molar-refractivity contribution < 1.29 is 4.79 Å². The zero-order valence-electron chi connectivity index (χ0n) is 17.7. The van der Waals surface area contributed by atoms with E-state index in [1.807, 2.05) is 44.0 Å². The van der Waals surface area contributed by atoms with Gasteiger partial charge in [-0.3, -0.25) is 14.5 Å². The summed E-state index contributed by atoms with van der Waals surface area (Å²) in [6, 6.07) is 12.3. The normalized spacial score (nSPS) is 16.7. The highest BCUT2D eigenvalue weighted by atomic mass is 35.5. The number of aryl methyl sites for hydroxylation is 2. The Morgan fingerprint density at radius 3 is 2.77 bits per heavy atom. The number of piperidine rings is 1. The summed E-state index contributed by atoms with van der Waals surface area (Å²) in [5.41, 5.74) is 5.98. The second-order valence-corrected chi connectivity index (χ2v) is 8.57. The van der Waals surface area contributed by atoms with Gasteiger partial charge in [-0.2, -0.15) is 5.10 Å². The number of pyridine rings is 1. The van der Waals surface area contributed by atoms with Crippen molar-refractivity contribution in [2.24, 2.45) is 7.05 Å². The average Bonchev–Trinajstić information content (AvgIpc) is 3.07. The molecule has 4 rings (SSSR count). The van der Waals surface area contributed by atoms with E-state index >= 15 is 0 Å².